The summed E-state index contributed by atoms with van der Waals surface area (Å²) in [6, 6.07) is 14.0. The van der Waals surface area contributed by atoms with Gasteiger partial charge in [0.25, 0.3) is 0 Å². The molecule has 2 aromatic rings. The minimum Gasteiger partial charge on any atom is -0.481 e. The molecule has 0 N–H and O–H groups in total. The van der Waals surface area contributed by atoms with E-state index in [1.807, 2.05) is 25.1 Å². The average molecular weight is 300 g/mol. The highest BCUT2D eigenvalue weighted by atomic mass is 35.5. The molecule has 0 aliphatic rings. The van der Waals surface area contributed by atoms with E-state index >= 15 is 0 Å². The van der Waals surface area contributed by atoms with Crippen LogP contribution < -0.4 is 4.74 Å². The first-order chi connectivity index (χ1) is 10.0. The molecule has 2 rings (SSSR count). The number of aryl methyl sites for hydroxylation is 1. The number of carbonyl (C=O) groups is 1. The van der Waals surface area contributed by atoms with Gasteiger partial charge in [0.15, 0.2) is 6.10 Å². The number of benzene rings is 2. The number of carbonyl (C=O) groups excluding carboxylic acids is 1. The number of hydrogen-bond acceptors (Lipinski definition) is 3. The van der Waals surface area contributed by atoms with Crippen LogP contribution in [0.5, 0.6) is 5.75 Å². The van der Waals surface area contributed by atoms with Gasteiger partial charge in [-0.3, -0.25) is 4.79 Å². The summed E-state index contributed by atoms with van der Waals surface area (Å²) in [6.07, 6.45) is -0.654. The molecule has 4 heteroatoms. The molecule has 1 atom stereocenters. The van der Waals surface area contributed by atoms with Crippen molar-refractivity contribution < 1.29 is 9.53 Å². The number of ether oxygens (including phenoxy) is 1. The molecule has 0 aliphatic heterocycles. The highest BCUT2D eigenvalue weighted by molar-refractivity contribution is 6.32. The Balaban J connectivity index is 2.14. The lowest BCUT2D eigenvalue weighted by atomic mass is 10.1. The van der Waals surface area contributed by atoms with Gasteiger partial charge in [0, 0.05) is 5.56 Å². The maximum absolute atomic E-state index is 12.3. The smallest absolute Gasteiger partial charge is 0.202 e. The lowest BCUT2D eigenvalue weighted by Gasteiger charge is -2.15. The molecular formula is C17H14ClNO2. The number of hydrogen-bond donors (Lipinski definition) is 0. The van der Waals surface area contributed by atoms with Crippen LogP contribution in [0.1, 0.15) is 28.4 Å². The van der Waals surface area contributed by atoms with Crippen LogP contribution in [0.4, 0.5) is 0 Å². The van der Waals surface area contributed by atoms with E-state index in [1.165, 1.54) is 6.07 Å². The van der Waals surface area contributed by atoms with Gasteiger partial charge < -0.3 is 4.74 Å². The fourth-order valence-electron chi connectivity index (χ4n) is 1.86. The standard InChI is InChI=1S/C17H14ClNO2/c1-11-3-6-14(7-4-11)17(20)12(2)21-16-8-5-13(10-19)9-15(16)18/h3-9,12H,1-2H3/t12-/m1/s1. The molecule has 0 amide bonds. The molecule has 0 fully saturated rings. The number of nitrogens with zero attached hydrogens (tertiary/aromatic N) is 1. The van der Waals surface area contributed by atoms with Crippen molar-refractivity contribution >= 4 is 17.4 Å². The molecule has 0 saturated carbocycles. The third-order valence-electron chi connectivity index (χ3n) is 3.07. The zero-order valence-electron chi connectivity index (χ0n) is 11.8. The summed E-state index contributed by atoms with van der Waals surface area (Å²) in [5, 5.41) is 9.11. The lowest BCUT2D eigenvalue weighted by Crippen LogP contribution is -2.24. The first kappa shape index (κ1) is 15.1. The maximum Gasteiger partial charge on any atom is 0.202 e. The molecule has 2 aromatic carbocycles. The number of Topliss-reactive ketones (excluding diaryl/α,β-unsaturated/α-hetero) is 1. The summed E-state index contributed by atoms with van der Waals surface area (Å²) >= 11 is 6.04. The Bertz CT molecular complexity index is 702. The Morgan fingerprint density at radius 1 is 1.24 bits per heavy atom. The lowest BCUT2D eigenvalue weighted by molar-refractivity contribution is 0.0818. The van der Waals surface area contributed by atoms with E-state index in [0.29, 0.717) is 21.9 Å². The van der Waals surface area contributed by atoms with Crippen molar-refractivity contribution in [2.24, 2.45) is 0 Å². The van der Waals surface area contributed by atoms with E-state index in [0.717, 1.165) is 5.56 Å². The first-order valence-corrected chi connectivity index (χ1v) is 6.86. The molecule has 0 radical (unpaired) electrons. The Kier molecular flexibility index (Phi) is 4.62. The van der Waals surface area contributed by atoms with Crippen molar-refractivity contribution in [3.05, 3.63) is 64.2 Å². The minimum atomic E-state index is -0.654. The molecule has 0 aliphatic carbocycles. The molecule has 3 nitrogen and oxygen atoms in total. The summed E-state index contributed by atoms with van der Waals surface area (Å²) in [6.45, 7) is 3.64. The van der Waals surface area contributed by atoms with E-state index in [-0.39, 0.29) is 5.78 Å². The van der Waals surface area contributed by atoms with Crippen LogP contribution in [-0.2, 0) is 0 Å². The monoisotopic (exact) mass is 299 g/mol. The summed E-state index contributed by atoms with van der Waals surface area (Å²) in [4.78, 5) is 12.3. The molecule has 0 bridgehead atoms. The van der Waals surface area contributed by atoms with Crippen molar-refractivity contribution in [2.45, 2.75) is 20.0 Å². The first-order valence-electron chi connectivity index (χ1n) is 6.48. The highest BCUT2D eigenvalue weighted by Gasteiger charge is 2.18. The van der Waals surface area contributed by atoms with Crippen LogP contribution in [0.25, 0.3) is 0 Å². The van der Waals surface area contributed by atoms with Crippen LogP contribution >= 0.6 is 11.6 Å². The molecule has 0 heterocycles. The fraction of sp³-hybridized carbons (Fsp3) is 0.176. The molecule has 0 spiro atoms. The Hall–Kier alpha value is -2.31. The number of rotatable bonds is 4. The van der Waals surface area contributed by atoms with Crippen LogP contribution in [-0.4, -0.2) is 11.9 Å². The summed E-state index contributed by atoms with van der Waals surface area (Å²) < 4.78 is 5.60. The van der Waals surface area contributed by atoms with Gasteiger partial charge in [-0.2, -0.15) is 5.26 Å². The predicted octanol–water partition coefficient (Wildman–Crippen LogP) is 4.17. The van der Waals surface area contributed by atoms with Crippen molar-refractivity contribution in [3.8, 4) is 11.8 Å². The van der Waals surface area contributed by atoms with E-state index in [2.05, 4.69) is 0 Å². The number of nitriles is 1. The van der Waals surface area contributed by atoms with Crippen LogP contribution in [0, 0.1) is 18.3 Å². The van der Waals surface area contributed by atoms with Gasteiger partial charge in [0.2, 0.25) is 5.78 Å². The Morgan fingerprint density at radius 2 is 1.90 bits per heavy atom. The van der Waals surface area contributed by atoms with Gasteiger partial charge in [-0.25, -0.2) is 0 Å². The quantitative estimate of drug-likeness (QED) is 0.796. The average Bonchev–Trinajstić information content (AvgIpc) is 2.49. The molecule has 21 heavy (non-hydrogen) atoms. The summed E-state index contributed by atoms with van der Waals surface area (Å²) in [5.74, 6) is 0.277. The topological polar surface area (TPSA) is 50.1 Å². The van der Waals surface area contributed by atoms with E-state index < -0.39 is 6.10 Å². The third kappa shape index (κ3) is 3.62. The Morgan fingerprint density at radius 3 is 2.48 bits per heavy atom. The van der Waals surface area contributed by atoms with Crippen LogP contribution in [0.2, 0.25) is 5.02 Å². The van der Waals surface area contributed by atoms with Crippen molar-refractivity contribution in [3.63, 3.8) is 0 Å². The summed E-state index contributed by atoms with van der Waals surface area (Å²) in [5.41, 5.74) is 2.14. The van der Waals surface area contributed by atoms with E-state index in [9.17, 15) is 4.79 Å². The zero-order chi connectivity index (χ0) is 15.4. The molecule has 106 valence electrons. The van der Waals surface area contributed by atoms with Gasteiger partial charge >= 0.3 is 0 Å². The van der Waals surface area contributed by atoms with Gasteiger partial charge in [0.1, 0.15) is 5.75 Å². The van der Waals surface area contributed by atoms with Crippen LogP contribution in [0.15, 0.2) is 42.5 Å². The second kappa shape index (κ2) is 6.43. The second-order valence-electron chi connectivity index (χ2n) is 4.75. The number of ketones is 1. The highest BCUT2D eigenvalue weighted by Crippen LogP contribution is 2.26. The maximum atomic E-state index is 12.3. The van der Waals surface area contributed by atoms with E-state index in [1.54, 1.807) is 31.2 Å². The molecular weight excluding hydrogens is 286 g/mol. The largest absolute Gasteiger partial charge is 0.481 e. The second-order valence-corrected chi connectivity index (χ2v) is 5.15. The van der Waals surface area contributed by atoms with Gasteiger partial charge in [-0.1, -0.05) is 41.4 Å². The van der Waals surface area contributed by atoms with Gasteiger partial charge in [0.05, 0.1) is 16.7 Å². The zero-order valence-corrected chi connectivity index (χ0v) is 12.5. The molecule has 0 aromatic heterocycles. The Labute approximate surface area is 128 Å². The predicted molar refractivity (Wildman–Crippen MR) is 81.8 cm³/mol. The normalized spacial score (nSPS) is 11.5. The summed E-state index contributed by atoms with van der Waals surface area (Å²) in [7, 11) is 0. The van der Waals surface area contributed by atoms with Crippen LogP contribution in [0.3, 0.4) is 0 Å². The third-order valence-corrected chi connectivity index (χ3v) is 3.37. The number of halogens is 1. The molecule has 0 unspecified atom stereocenters. The minimum absolute atomic E-state index is 0.115. The SMILES string of the molecule is Cc1ccc(C(=O)[C@@H](C)Oc2ccc(C#N)cc2Cl)cc1. The van der Waals surface area contributed by atoms with Gasteiger partial charge in [-0.05, 0) is 32.0 Å². The van der Waals surface area contributed by atoms with Crippen molar-refractivity contribution in [2.75, 3.05) is 0 Å². The van der Waals surface area contributed by atoms with Gasteiger partial charge in [-0.15, -0.1) is 0 Å². The van der Waals surface area contributed by atoms with Crippen molar-refractivity contribution in [1.29, 1.82) is 5.26 Å². The van der Waals surface area contributed by atoms with E-state index in [4.69, 9.17) is 21.6 Å². The fourth-order valence-corrected chi connectivity index (χ4v) is 2.09. The molecule has 0 saturated heterocycles. The van der Waals surface area contributed by atoms with Crippen molar-refractivity contribution in [1.82, 2.24) is 0 Å².